The minimum Gasteiger partial charge on any atom is -0.295 e. The smallest absolute Gasteiger partial charge is 0.236 e. The summed E-state index contributed by atoms with van der Waals surface area (Å²) in [5, 5.41) is 2.05. The van der Waals surface area contributed by atoms with Gasteiger partial charge in [0.15, 0.2) is 5.78 Å². The minimum atomic E-state index is -0.252. The molecule has 0 spiro atoms. The van der Waals surface area contributed by atoms with Crippen LogP contribution >= 0.6 is 11.3 Å². The number of carbonyl (C=O) groups is 2. The molecule has 0 aliphatic heterocycles. The molecule has 3 aromatic rings. The molecule has 0 aliphatic carbocycles. The Morgan fingerprint density at radius 1 is 0.923 bits per heavy atom. The molecule has 3 heteroatoms. The first kappa shape index (κ1) is 17.8. The van der Waals surface area contributed by atoms with E-state index < -0.39 is 0 Å². The Bertz CT molecular complexity index is 1030. The molecular formula is C23H18O2S. The molecule has 0 atom stereocenters. The van der Waals surface area contributed by atoms with Crippen molar-refractivity contribution in [2.75, 3.05) is 0 Å². The maximum atomic E-state index is 12.3. The Labute approximate surface area is 157 Å². The highest BCUT2D eigenvalue weighted by molar-refractivity contribution is 7.13. The number of ketones is 2. The molecular weight excluding hydrogens is 340 g/mol. The summed E-state index contributed by atoms with van der Waals surface area (Å²) in [4.78, 5) is 24.8. The van der Waals surface area contributed by atoms with Crippen LogP contribution in [0.15, 0.2) is 53.9 Å². The molecule has 1 heterocycles. The lowest BCUT2D eigenvalue weighted by molar-refractivity contribution is 0.101. The number of Topliss-reactive ketones (excluding diaryl/α,β-unsaturated/α-hetero) is 2. The molecule has 0 N–H and O–H groups in total. The highest BCUT2D eigenvalue weighted by atomic mass is 32.1. The van der Waals surface area contributed by atoms with Gasteiger partial charge in [-0.2, -0.15) is 0 Å². The second-order valence-electron chi connectivity index (χ2n) is 6.17. The third-order valence-corrected chi connectivity index (χ3v) is 5.13. The number of aryl methyl sites for hydroxylation is 2. The van der Waals surface area contributed by atoms with E-state index in [1.165, 1.54) is 17.4 Å². The quantitative estimate of drug-likeness (QED) is 0.460. The van der Waals surface area contributed by atoms with Gasteiger partial charge >= 0.3 is 0 Å². The number of hydrogen-bond donors (Lipinski definition) is 0. The van der Waals surface area contributed by atoms with Gasteiger partial charge in [-0.15, -0.1) is 11.3 Å². The van der Waals surface area contributed by atoms with Gasteiger partial charge in [-0.25, -0.2) is 0 Å². The molecule has 0 aliphatic rings. The summed E-state index contributed by atoms with van der Waals surface area (Å²) in [6, 6.07) is 14.9. The maximum absolute atomic E-state index is 12.3. The van der Waals surface area contributed by atoms with E-state index in [0.29, 0.717) is 11.1 Å². The van der Waals surface area contributed by atoms with Gasteiger partial charge in [-0.05, 0) is 73.0 Å². The average Bonchev–Trinajstić information content (AvgIpc) is 3.15. The van der Waals surface area contributed by atoms with Crippen LogP contribution in [0.25, 0.3) is 10.4 Å². The van der Waals surface area contributed by atoms with Crippen molar-refractivity contribution < 1.29 is 9.59 Å². The predicted molar refractivity (Wildman–Crippen MR) is 107 cm³/mol. The van der Waals surface area contributed by atoms with Crippen LogP contribution in [-0.2, 0) is 0 Å². The van der Waals surface area contributed by atoms with Crippen LogP contribution in [0.1, 0.15) is 44.3 Å². The van der Waals surface area contributed by atoms with E-state index in [9.17, 15) is 9.59 Å². The molecule has 26 heavy (non-hydrogen) atoms. The average molecular weight is 358 g/mol. The first-order chi connectivity index (χ1) is 12.5. The van der Waals surface area contributed by atoms with Gasteiger partial charge in [-0.1, -0.05) is 30.2 Å². The Balaban J connectivity index is 1.91. The summed E-state index contributed by atoms with van der Waals surface area (Å²) in [5.74, 6) is 5.47. The fraction of sp³-hybridized carbons (Fsp3) is 0.130. The van der Waals surface area contributed by atoms with Crippen LogP contribution in [0, 0.1) is 25.7 Å². The van der Waals surface area contributed by atoms with Crippen LogP contribution in [0.3, 0.4) is 0 Å². The molecule has 0 bridgehead atoms. The normalized spacial score (nSPS) is 10.1. The van der Waals surface area contributed by atoms with E-state index in [0.717, 1.165) is 16.7 Å². The van der Waals surface area contributed by atoms with E-state index in [-0.39, 0.29) is 11.6 Å². The van der Waals surface area contributed by atoms with Crippen molar-refractivity contribution in [3.63, 3.8) is 0 Å². The van der Waals surface area contributed by atoms with E-state index in [1.807, 2.05) is 18.4 Å². The zero-order valence-corrected chi connectivity index (χ0v) is 15.7. The second-order valence-corrected chi connectivity index (χ2v) is 7.12. The second kappa shape index (κ2) is 7.51. The summed E-state index contributed by atoms with van der Waals surface area (Å²) < 4.78 is 0. The van der Waals surface area contributed by atoms with Crippen molar-refractivity contribution in [1.29, 1.82) is 0 Å². The minimum absolute atomic E-state index is 0.0218. The Morgan fingerprint density at radius 2 is 1.62 bits per heavy atom. The van der Waals surface area contributed by atoms with Crippen molar-refractivity contribution in [3.05, 3.63) is 81.7 Å². The number of thiophene rings is 1. The van der Waals surface area contributed by atoms with Crippen LogP contribution < -0.4 is 0 Å². The molecule has 128 valence electrons. The molecule has 0 unspecified atom stereocenters. The zero-order chi connectivity index (χ0) is 18.7. The third kappa shape index (κ3) is 3.82. The van der Waals surface area contributed by atoms with Gasteiger partial charge in [0, 0.05) is 21.6 Å². The van der Waals surface area contributed by atoms with Gasteiger partial charge in [0.2, 0.25) is 5.78 Å². The van der Waals surface area contributed by atoms with E-state index in [2.05, 4.69) is 37.0 Å². The lowest BCUT2D eigenvalue weighted by atomic mass is 9.99. The predicted octanol–water partition coefficient (Wildman–Crippen LogP) is 5.47. The molecule has 2 nitrogen and oxygen atoms in total. The summed E-state index contributed by atoms with van der Waals surface area (Å²) >= 11 is 1.69. The van der Waals surface area contributed by atoms with E-state index in [4.69, 9.17) is 0 Å². The summed E-state index contributed by atoms with van der Waals surface area (Å²) in [6.07, 6.45) is 0. The summed E-state index contributed by atoms with van der Waals surface area (Å²) in [6.45, 7) is 5.59. The lowest BCUT2D eigenvalue weighted by Gasteiger charge is -2.07. The number of hydrogen-bond acceptors (Lipinski definition) is 3. The molecule has 0 radical (unpaired) electrons. The van der Waals surface area contributed by atoms with Crippen molar-refractivity contribution in [2.45, 2.75) is 20.8 Å². The molecule has 0 amide bonds. The van der Waals surface area contributed by atoms with Crippen LogP contribution in [0.4, 0.5) is 0 Å². The fourth-order valence-electron chi connectivity index (χ4n) is 2.74. The summed E-state index contributed by atoms with van der Waals surface area (Å²) in [5.41, 5.74) is 5.33. The van der Waals surface area contributed by atoms with Crippen LogP contribution in [0.5, 0.6) is 0 Å². The first-order valence-corrected chi connectivity index (χ1v) is 9.16. The molecule has 0 fully saturated rings. The van der Waals surface area contributed by atoms with E-state index in [1.54, 1.807) is 35.6 Å². The Kier molecular flexibility index (Phi) is 5.16. The van der Waals surface area contributed by atoms with Crippen molar-refractivity contribution in [2.24, 2.45) is 0 Å². The lowest BCUT2D eigenvalue weighted by Crippen LogP contribution is -1.98. The SMILES string of the molecule is CC(=O)c1ccc(C(=O)C#Cc2cc(-c3cccs3)c(C)cc2C)cc1. The zero-order valence-electron chi connectivity index (χ0n) is 14.9. The topological polar surface area (TPSA) is 34.1 Å². The van der Waals surface area contributed by atoms with Crippen LogP contribution in [0.2, 0.25) is 0 Å². The number of rotatable bonds is 3. The standard InChI is InChI=1S/C23H18O2S/c1-15-13-16(2)21(23-5-4-12-26-23)14-20(15)10-11-22(25)19-8-6-18(7-9-19)17(3)24/h4-9,12-14H,1-3H3. The third-order valence-electron chi connectivity index (χ3n) is 4.22. The van der Waals surface area contributed by atoms with E-state index >= 15 is 0 Å². The molecule has 3 rings (SSSR count). The maximum Gasteiger partial charge on any atom is 0.236 e. The number of benzene rings is 2. The Morgan fingerprint density at radius 3 is 2.23 bits per heavy atom. The molecule has 0 saturated heterocycles. The fourth-order valence-corrected chi connectivity index (χ4v) is 3.54. The molecule has 0 saturated carbocycles. The largest absolute Gasteiger partial charge is 0.295 e. The van der Waals surface area contributed by atoms with Gasteiger partial charge < -0.3 is 0 Å². The molecule has 1 aromatic heterocycles. The Hall–Kier alpha value is -2.96. The van der Waals surface area contributed by atoms with Crippen LogP contribution in [-0.4, -0.2) is 11.6 Å². The van der Waals surface area contributed by atoms with Gasteiger partial charge in [0.25, 0.3) is 0 Å². The van der Waals surface area contributed by atoms with Crippen molar-refractivity contribution in [1.82, 2.24) is 0 Å². The first-order valence-electron chi connectivity index (χ1n) is 8.28. The van der Waals surface area contributed by atoms with Gasteiger partial charge in [0.05, 0.1) is 0 Å². The summed E-state index contributed by atoms with van der Waals surface area (Å²) in [7, 11) is 0. The number of carbonyl (C=O) groups excluding carboxylic acids is 2. The molecule has 2 aromatic carbocycles. The van der Waals surface area contributed by atoms with Crippen molar-refractivity contribution >= 4 is 22.9 Å². The highest BCUT2D eigenvalue weighted by Gasteiger charge is 2.08. The van der Waals surface area contributed by atoms with Gasteiger partial charge in [-0.3, -0.25) is 9.59 Å². The highest BCUT2D eigenvalue weighted by Crippen LogP contribution is 2.29. The van der Waals surface area contributed by atoms with Crippen molar-refractivity contribution in [3.8, 4) is 22.3 Å². The monoisotopic (exact) mass is 358 g/mol. The van der Waals surface area contributed by atoms with Gasteiger partial charge in [0.1, 0.15) is 0 Å².